The molecule has 6 heteroatoms. The maximum absolute atomic E-state index is 12.6. The van der Waals surface area contributed by atoms with Crippen LogP contribution in [0.4, 0.5) is 5.69 Å². The van der Waals surface area contributed by atoms with Crippen molar-refractivity contribution in [1.82, 2.24) is 20.3 Å². The molecule has 2 aliphatic heterocycles. The summed E-state index contributed by atoms with van der Waals surface area (Å²) in [5.74, 6) is 0.608. The predicted octanol–water partition coefficient (Wildman–Crippen LogP) is 3.21. The third-order valence-electron chi connectivity index (χ3n) is 5.58. The monoisotopic (exact) mass is 373 g/mol. The summed E-state index contributed by atoms with van der Waals surface area (Å²) in [5.41, 5.74) is 5.13. The van der Waals surface area contributed by atoms with Gasteiger partial charge in [0.2, 0.25) is 0 Å². The minimum Gasteiger partial charge on any atom is -0.366 e. The molecule has 6 nitrogen and oxygen atoms in total. The normalized spacial score (nSPS) is 20.1. The van der Waals surface area contributed by atoms with Gasteiger partial charge in [0.15, 0.2) is 0 Å². The summed E-state index contributed by atoms with van der Waals surface area (Å²) in [6, 6.07) is 16.8. The first-order valence-electron chi connectivity index (χ1n) is 9.71. The number of nitrogens with one attached hydrogen (secondary N) is 3. The molecule has 1 saturated heterocycles. The molecule has 3 aliphatic rings. The van der Waals surface area contributed by atoms with E-state index in [0.29, 0.717) is 23.5 Å². The van der Waals surface area contributed by atoms with Crippen LogP contribution in [-0.2, 0) is 0 Å². The number of anilines is 1. The van der Waals surface area contributed by atoms with Crippen molar-refractivity contribution in [1.29, 1.82) is 0 Å². The average molecular weight is 373 g/mol. The second kappa shape index (κ2) is 6.49. The minimum absolute atomic E-state index is 0.120. The Balaban J connectivity index is 1.59. The van der Waals surface area contributed by atoms with Crippen molar-refractivity contribution < 1.29 is 0 Å². The lowest BCUT2D eigenvalue weighted by Gasteiger charge is -2.39. The van der Waals surface area contributed by atoms with E-state index in [-0.39, 0.29) is 5.56 Å². The lowest BCUT2D eigenvalue weighted by Crippen LogP contribution is -2.54. The average Bonchev–Trinajstić information content (AvgIpc) is 3.15. The van der Waals surface area contributed by atoms with Crippen molar-refractivity contribution in [2.45, 2.75) is 25.9 Å². The van der Waals surface area contributed by atoms with E-state index in [4.69, 9.17) is 4.98 Å². The van der Waals surface area contributed by atoms with E-state index >= 15 is 0 Å². The molecule has 0 spiro atoms. The highest BCUT2D eigenvalue weighted by atomic mass is 16.1. The van der Waals surface area contributed by atoms with Gasteiger partial charge in [0.05, 0.1) is 16.6 Å². The molecule has 28 heavy (non-hydrogen) atoms. The highest BCUT2D eigenvalue weighted by Gasteiger charge is 2.23. The molecule has 2 aromatic rings. The Labute approximate surface area is 163 Å². The zero-order valence-electron chi connectivity index (χ0n) is 16.0. The standard InChI is InChI=1S/C22H23N5O/c1-13-12-27(14(2)11-23-13)15-8-9-18-19(10-15)25-21(24-18)20-16-6-4-3-5-7-17(16)26-22(20)28/h3-10,13-14,23H,11-12H2,1-2H3,(H,24,25)(H,26,28)/t13?,14-/m0/s1. The molecule has 1 aliphatic carbocycles. The van der Waals surface area contributed by atoms with Crippen LogP contribution in [0.3, 0.4) is 0 Å². The van der Waals surface area contributed by atoms with E-state index in [1.807, 2.05) is 30.3 Å². The third-order valence-corrected chi connectivity index (χ3v) is 5.58. The van der Waals surface area contributed by atoms with Crippen LogP contribution in [0.2, 0.25) is 0 Å². The van der Waals surface area contributed by atoms with Crippen molar-refractivity contribution in [3.05, 3.63) is 58.9 Å². The zero-order chi connectivity index (χ0) is 19.3. The zero-order valence-corrected chi connectivity index (χ0v) is 16.0. The van der Waals surface area contributed by atoms with Crippen LogP contribution >= 0.6 is 0 Å². The summed E-state index contributed by atoms with van der Waals surface area (Å²) < 4.78 is 0. The molecule has 0 amide bonds. The van der Waals surface area contributed by atoms with E-state index in [2.05, 4.69) is 52.2 Å². The van der Waals surface area contributed by atoms with Crippen molar-refractivity contribution in [2.75, 3.05) is 18.0 Å². The lowest BCUT2D eigenvalue weighted by molar-refractivity contribution is 0.425. The van der Waals surface area contributed by atoms with Gasteiger partial charge in [-0.05, 0) is 38.1 Å². The lowest BCUT2D eigenvalue weighted by atomic mass is 10.1. The van der Waals surface area contributed by atoms with Gasteiger partial charge in [0, 0.05) is 42.1 Å². The molecule has 2 atom stereocenters. The van der Waals surface area contributed by atoms with Crippen LogP contribution in [0.25, 0.3) is 33.7 Å². The molecule has 3 heterocycles. The summed E-state index contributed by atoms with van der Waals surface area (Å²) in [5, 5.41) is 3.52. The third kappa shape index (κ3) is 2.77. The van der Waals surface area contributed by atoms with Gasteiger partial charge >= 0.3 is 0 Å². The number of aromatic amines is 2. The van der Waals surface area contributed by atoms with Crippen molar-refractivity contribution in [3.8, 4) is 22.6 Å². The fourth-order valence-corrected chi connectivity index (χ4v) is 4.09. The topological polar surface area (TPSA) is 76.8 Å². The number of aromatic nitrogens is 3. The maximum Gasteiger partial charge on any atom is 0.260 e. The fourth-order valence-electron chi connectivity index (χ4n) is 4.09. The number of hydrogen-bond donors (Lipinski definition) is 3. The Hall–Kier alpha value is -3.12. The smallest absolute Gasteiger partial charge is 0.260 e. The first-order chi connectivity index (χ1) is 13.6. The molecule has 0 radical (unpaired) electrons. The van der Waals surface area contributed by atoms with E-state index in [9.17, 15) is 4.79 Å². The van der Waals surface area contributed by atoms with Crippen molar-refractivity contribution in [3.63, 3.8) is 0 Å². The molecule has 1 aromatic heterocycles. The molecular formula is C22H23N5O. The summed E-state index contributed by atoms with van der Waals surface area (Å²) in [7, 11) is 0. The SMILES string of the molecule is CC1CN(c2ccc3[nH]c(-c4c5cccccc-5[nH]c4=O)nc3c2)[C@@H](C)CN1. The van der Waals surface area contributed by atoms with E-state index < -0.39 is 0 Å². The van der Waals surface area contributed by atoms with Gasteiger partial charge in [-0.15, -0.1) is 0 Å². The van der Waals surface area contributed by atoms with E-state index in [1.54, 1.807) is 0 Å². The van der Waals surface area contributed by atoms with Gasteiger partial charge in [0.25, 0.3) is 5.56 Å². The van der Waals surface area contributed by atoms with Gasteiger partial charge in [-0.2, -0.15) is 0 Å². The number of H-pyrrole nitrogens is 2. The highest BCUT2D eigenvalue weighted by Crippen LogP contribution is 2.30. The van der Waals surface area contributed by atoms with E-state index in [0.717, 1.165) is 35.4 Å². The number of nitrogens with zero attached hydrogens (tertiary/aromatic N) is 2. The Morgan fingerprint density at radius 3 is 2.82 bits per heavy atom. The molecule has 1 unspecified atom stereocenters. The van der Waals surface area contributed by atoms with Crippen LogP contribution in [0.15, 0.2) is 53.3 Å². The second-order valence-corrected chi connectivity index (χ2v) is 7.66. The summed E-state index contributed by atoms with van der Waals surface area (Å²) in [6.45, 7) is 6.37. The number of imidazole rings is 1. The fraction of sp³-hybridized carbons (Fsp3) is 0.273. The molecule has 1 fully saturated rings. The number of benzene rings is 1. The van der Waals surface area contributed by atoms with Gasteiger partial charge < -0.3 is 20.2 Å². The molecule has 0 bridgehead atoms. The molecule has 142 valence electrons. The maximum atomic E-state index is 12.6. The van der Waals surface area contributed by atoms with Gasteiger partial charge in [-0.3, -0.25) is 4.79 Å². The Morgan fingerprint density at radius 1 is 1.07 bits per heavy atom. The predicted molar refractivity (Wildman–Crippen MR) is 113 cm³/mol. The second-order valence-electron chi connectivity index (χ2n) is 7.66. The van der Waals surface area contributed by atoms with Crippen LogP contribution in [-0.4, -0.2) is 40.1 Å². The molecule has 3 N–H and O–H groups in total. The summed E-state index contributed by atoms with van der Waals surface area (Å²) >= 11 is 0. The van der Waals surface area contributed by atoms with Crippen molar-refractivity contribution in [2.24, 2.45) is 0 Å². The first kappa shape index (κ1) is 17.0. The number of hydrogen-bond acceptors (Lipinski definition) is 4. The van der Waals surface area contributed by atoms with Gasteiger partial charge in [0.1, 0.15) is 5.82 Å². The first-order valence-corrected chi connectivity index (χ1v) is 9.71. The van der Waals surface area contributed by atoms with Crippen LogP contribution in [0.5, 0.6) is 0 Å². The molecule has 5 rings (SSSR count). The highest BCUT2D eigenvalue weighted by molar-refractivity contribution is 5.87. The Bertz CT molecular complexity index is 1180. The molecule has 0 saturated carbocycles. The van der Waals surface area contributed by atoms with Crippen molar-refractivity contribution >= 4 is 16.7 Å². The van der Waals surface area contributed by atoms with Crippen LogP contribution in [0, 0.1) is 0 Å². The van der Waals surface area contributed by atoms with Gasteiger partial charge in [-0.25, -0.2) is 4.98 Å². The van der Waals surface area contributed by atoms with Crippen LogP contribution < -0.4 is 15.8 Å². The molecular weight excluding hydrogens is 350 g/mol. The van der Waals surface area contributed by atoms with Crippen LogP contribution in [0.1, 0.15) is 13.8 Å². The van der Waals surface area contributed by atoms with E-state index in [1.165, 1.54) is 5.69 Å². The molecule has 1 aromatic carbocycles. The largest absolute Gasteiger partial charge is 0.366 e. The summed E-state index contributed by atoms with van der Waals surface area (Å²) in [4.78, 5) is 26.0. The number of piperazine rings is 1. The van der Waals surface area contributed by atoms with Gasteiger partial charge in [-0.1, -0.05) is 24.3 Å². The Morgan fingerprint density at radius 2 is 1.93 bits per heavy atom. The number of fused-ring (bicyclic) bond motifs is 2. The number of rotatable bonds is 2. The quantitative estimate of drug-likeness (QED) is 0.504. The summed E-state index contributed by atoms with van der Waals surface area (Å²) in [6.07, 6.45) is 0. The Kier molecular flexibility index (Phi) is 3.94. The minimum atomic E-state index is -0.120.